The van der Waals surface area contributed by atoms with Crippen LogP contribution in [-0.2, 0) is 4.74 Å². The molecule has 0 saturated heterocycles. The molecule has 0 spiro atoms. The third kappa shape index (κ3) is 6.34. The first kappa shape index (κ1) is 14.2. The van der Waals surface area contributed by atoms with Crippen LogP contribution in [0.5, 0.6) is 0 Å². The van der Waals surface area contributed by atoms with E-state index in [0.717, 1.165) is 25.0 Å². The summed E-state index contributed by atoms with van der Waals surface area (Å²) in [7, 11) is 0. The fourth-order valence-corrected chi connectivity index (χ4v) is 1.46. The standard InChI is InChI=1S/C13H25NO/c1-6-8-13(7-2)15-12(5)10(3)9-11(4)14/h6,11,13H,1,7-9,14H2,2-5H3/b12-10+. The Morgan fingerprint density at radius 1 is 1.47 bits per heavy atom. The highest BCUT2D eigenvalue weighted by Gasteiger charge is 2.08. The van der Waals surface area contributed by atoms with Gasteiger partial charge in [0, 0.05) is 12.5 Å². The first-order valence-corrected chi connectivity index (χ1v) is 5.70. The van der Waals surface area contributed by atoms with Crippen molar-refractivity contribution in [3.63, 3.8) is 0 Å². The monoisotopic (exact) mass is 211 g/mol. The summed E-state index contributed by atoms with van der Waals surface area (Å²) in [5.41, 5.74) is 6.99. The van der Waals surface area contributed by atoms with Crippen molar-refractivity contribution in [3.05, 3.63) is 24.0 Å². The normalized spacial score (nSPS) is 16.6. The molecule has 0 fully saturated rings. The van der Waals surface area contributed by atoms with E-state index in [9.17, 15) is 0 Å². The van der Waals surface area contributed by atoms with E-state index < -0.39 is 0 Å². The van der Waals surface area contributed by atoms with Gasteiger partial charge in [-0.25, -0.2) is 0 Å². The van der Waals surface area contributed by atoms with Gasteiger partial charge in [-0.15, -0.1) is 6.58 Å². The van der Waals surface area contributed by atoms with Gasteiger partial charge in [-0.1, -0.05) is 13.0 Å². The summed E-state index contributed by atoms with van der Waals surface area (Å²) in [6, 6.07) is 0.197. The van der Waals surface area contributed by atoms with Crippen LogP contribution in [0.1, 0.15) is 47.0 Å². The molecule has 0 aromatic rings. The van der Waals surface area contributed by atoms with Gasteiger partial charge in [0.05, 0.1) is 5.76 Å². The van der Waals surface area contributed by atoms with Crippen molar-refractivity contribution in [2.45, 2.75) is 59.1 Å². The van der Waals surface area contributed by atoms with Crippen LogP contribution in [-0.4, -0.2) is 12.1 Å². The van der Waals surface area contributed by atoms with Crippen molar-refractivity contribution in [2.75, 3.05) is 0 Å². The fraction of sp³-hybridized carbons (Fsp3) is 0.692. The van der Waals surface area contributed by atoms with E-state index in [4.69, 9.17) is 10.5 Å². The third-order valence-electron chi connectivity index (χ3n) is 2.46. The van der Waals surface area contributed by atoms with Crippen LogP contribution in [0.4, 0.5) is 0 Å². The van der Waals surface area contributed by atoms with Gasteiger partial charge in [-0.2, -0.15) is 0 Å². The highest BCUT2D eigenvalue weighted by molar-refractivity contribution is 5.05. The van der Waals surface area contributed by atoms with Crippen molar-refractivity contribution < 1.29 is 4.74 Å². The lowest BCUT2D eigenvalue weighted by Gasteiger charge is -2.19. The fourth-order valence-electron chi connectivity index (χ4n) is 1.46. The van der Waals surface area contributed by atoms with E-state index in [1.165, 1.54) is 5.57 Å². The van der Waals surface area contributed by atoms with Crippen molar-refractivity contribution >= 4 is 0 Å². The third-order valence-corrected chi connectivity index (χ3v) is 2.46. The number of allylic oxidation sites excluding steroid dienone is 1. The van der Waals surface area contributed by atoms with E-state index in [0.29, 0.717) is 0 Å². The largest absolute Gasteiger partial charge is 0.495 e. The number of hydrogen-bond donors (Lipinski definition) is 1. The molecule has 2 nitrogen and oxygen atoms in total. The first-order valence-electron chi connectivity index (χ1n) is 5.70. The minimum absolute atomic E-state index is 0.197. The van der Waals surface area contributed by atoms with E-state index >= 15 is 0 Å². The topological polar surface area (TPSA) is 35.2 Å². The highest BCUT2D eigenvalue weighted by atomic mass is 16.5. The molecule has 0 amide bonds. The average molecular weight is 211 g/mol. The maximum Gasteiger partial charge on any atom is 0.101 e. The zero-order valence-electron chi connectivity index (χ0n) is 10.5. The smallest absolute Gasteiger partial charge is 0.101 e. The molecule has 0 rings (SSSR count). The maximum atomic E-state index is 5.86. The van der Waals surface area contributed by atoms with Gasteiger partial charge in [-0.05, 0) is 39.2 Å². The van der Waals surface area contributed by atoms with Crippen LogP contribution in [0.25, 0.3) is 0 Å². The molecular formula is C13H25NO. The molecule has 0 saturated carbocycles. The lowest BCUT2D eigenvalue weighted by atomic mass is 10.1. The molecular weight excluding hydrogens is 186 g/mol. The lowest BCUT2D eigenvalue weighted by molar-refractivity contribution is 0.113. The van der Waals surface area contributed by atoms with E-state index in [-0.39, 0.29) is 12.1 Å². The predicted octanol–water partition coefficient (Wildman–Crippen LogP) is 3.39. The molecule has 2 atom stereocenters. The molecule has 2 unspecified atom stereocenters. The van der Waals surface area contributed by atoms with E-state index in [2.05, 4.69) is 20.4 Å². The summed E-state index contributed by atoms with van der Waals surface area (Å²) < 4.78 is 5.86. The van der Waals surface area contributed by atoms with Crippen LogP contribution in [0.3, 0.4) is 0 Å². The molecule has 88 valence electrons. The van der Waals surface area contributed by atoms with Crippen LogP contribution in [0.2, 0.25) is 0 Å². The molecule has 0 radical (unpaired) electrons. The Hall–Kier alpha value is -0.760. The Bertz CT molecular complexity index is 219. The lowest BCUT2D eigenvalue weighted by Crippen LogP contribution is -2.16. The zero-order chi connectivity index (χ0) is 11.8. The Morgan fingerprint density at radius 3 is 2.47 bits per heavy atom. The van der Waals surface area contributed by atoms with Gasteiger partial charge in [0.2, 0.25) is 0 Å². The molecule has 0 aromatic heterocycles. The maximum absolute atomic E-state index is 5.86. The Balaban J connectivity index is 4.28. The second kappa shape index (κ2) is 7.52. The van der Waals surface area contributed by atoms with Crippen LogP contribution >= 0.6 is 0 Å². The second-order valence-electron chi connectivity index (χ2n) is 4.19. The van der Waals surface area contributed by atoms with Gasteiger partial charge in [0.15, 0.2) is 0 Å². The van der Waals surface area contributed by atoms with Gasteiger partial charge in [-0.3, -0.25) is 0 Å². The zero-order valence-corrected chi connectivity index (χ0v) is 10.5. The average Bonchev–Trinajstić information content (AvgIpc) is 2.15. The molecule has 0 bridgehead atoms. The minimum atomic E-state index is 0.197. The van der Waals surface area contributed by atoms with Crippen molar-refractivity contribution in [3.8, 4) is 0 Å². The summed E-state index contributed by atoms with van der Waals surface area (Å²) >= 11 is 0. The van der Waals surface area contributed by atoms with Crippen LogP contribution in [0, 0.1) is 0 Å². The summed E-state index contributed by atoms with van der Waals surface area (Å²) in [5, 5.41) is 0. The Kier molecular flexibility index (Phi) is 7.14. The molecule has 15 heavy (non-hydrogen) atoms. The molecule has 2 N–H and O–H groups in total. The SMILES string of the molecule is C=CCC(CC)O/C(C)=C(\C)CC(C)N. The molecule has 0 aliphatic carbocycles. The van der Waals surface area contributed by atoms with Gasteiger partial charge in [0.1, 0.15) is 6.10 Å². The molecule has 0 aliphatic heterocycles. The van der Waals surface area contributed by atoms with Crippen LogP contribution in [0.15, 0.2) is 24.0 Å². The van der Waals surface area contributed by atoms with Gasteiger partial charge >= 0.3 is 0 Å². The van der Waals surface area contributed by atoms with Gasteiger partial charge < -0.3 is 10.5 Å². The van der Waals surface area contributed by atoms with Crippen molar-refractivity contribution in [1.29, 1.82) is 0 Å². The summed E-state index contributed by atoms with van der Waals surface area (Å²) in [5.74, 6) is 1.01. The summed E-state index contributed by atoms with van der Waals surface area (Å²) in [6.45, 7) is 12.0. The second-order valence-corrected chi connectivity index (χ2v) is 4.19. The van der Waals surface area contributed by atoms with E-state index in [1.807, 2.05) is 19.9 Å². The van der Waals surface area contributed by atoms with Gasteiger partial charge in [0.25, 0.3) is 0 Å². The summed E-state index contributed by atoms with van der Waals surface area (Å²) in [6.07, 6.45) is 4.97. The molecule has 0 heterocycles. The molecule has 0 aliphatic rings. The number of nitrogens with two attached hydrogens (primary N) is 1. The highest BCUT2D eigenvalue weighted by Crippen LogP contribution is 2.16. The Morgan fingerprint density at radius 2 is 2.07 bits per heavy atom. The predicted molar refractivity (Wildman–Crippen MR) is 66.6 cm³/mol. The van der Waals surface area contributed by atoms with E-state index in [1.54, 1.807) is 0 Å². The summed E-state index contributed by atoms with van der Waals surface area (Å²) in [4.78, 5) is 0. The number of ether oxygens (including phenoxy) is 1. The quantitative estimate of drug-likeness (QED) is 0.517. The number of hydrogen-bond acceptors (Lipinski definition) is 2. The van der Waals surface area contributed by atoms with Crippen molar-refractivity contribution in [1.82, 2.24) is 0 Å². The van der Waals surface area contributed by atoms with Crippen molar-refractivity contribution in [2.24, 2.45) is 5.73 Å². The Labute approximate surface area is 94.2 Å². The first-order chi connectivity index (χ1) is 7.01. The number of rotatable bonds is 7. The molecule has 0 aromatic carbocycles. The minimum Gasteiger partial charge on any atom is -0.495 e. The van der Waals surface area contributed by atoms with Crippen LogP contribution < -0.4 is 5.73 Å². The molecule has 2 heteroatoms.